The molecule has 0 bridgehead atoms. The number of anilines is 1. The van der Waals surface area contributed by atoms with Crippen LogP contribution < -0.4 is 16.4 Å². The molecular weight excluding hydrogens is 302 g/mol. The first-order chi connectivity index (χ1) is 11.7. The monoisotopic (exact) mass is 327 g/mol. The molecule has 6 heteroatoms. The van der Waals surface area contributed by atoms with Gasteiger partial charge in [0.2, 0.25) is 5.91 Å². The van der Waals surface area contributed by atoms with Crippen molar-refractivity contribution in [2.45, 2.75) is 25.7 Å². The summed E-state index contributed by atoms with van der Waals surface area (Å²) in [5, 5.41) is 10.9. The molecule has 0 spiro atoms. The van der Waals surface area contributed by atoms with Crippen LogP contribution in [0.3, 0.4) is 0 Å². The Hall–Kier alpha value is -2.34. The number of nitrogens with zero attached hydrogens (tertiary/aromatic N) is 2. The fourth-order valence-electron chi connectivity index (χ4n) is 3.05. The summed E-state index contributed by atoms with van der Waals surface area (Å²) in [6, 6.07) is 11.8. The number of aryl methyl sites for hydroxylation is 1. The van der Waals surface area contributed by atoms with Crippen molar-refractivity contribution in [2.24, 2.45) is 5.92 Å². The van der Waals surface area contributed by atoms with E-state index in [9.17, 15) is 4.79 Å². The first kappa shape index (κ1) is 16.5. The maximum absolute atomic E-state index is 12.1. The average molecular weight is 327 g/mol. The van der Waals surface area contributed by atoms with Gasteiger partial charge in [0.15, 0.2) is 0 Å². The number of carbonyl (C=O) groups excluding carboxylic acids is 1. The molecule has 1 atom stereocenters. The zero-order valence-electron chi connectivity index (χ0n) is 13.9. The maximum atomic E-state index is 12.1. The molecule has 6 nitrogen and oxygen atoms in total. The van der Waals surface area contributed by atoms with E-state index in [0.717, 1.165) is 50.2 Å². The average Bonchev–Trinajstić information content (AvgIpc) is 3.01. The SMILES string of the molecule is Nc1cc(CCCNC(=O)C2CCCNC2)nn1-c1ccccc1. The number of rotatable bonds is 6. The fourth-order valence-corrected chi connectivity index (χ4v) is 3.05. The van der Waals surface area contributed by atoms with E-state index in [1.54, 1.807) is 4.68 Å². The minimum Gasteiger partial charge on any atom is -0.384 e. The van der Waals surface area contributed by atoms with Crippen molar-refractivity contribution >= 4 is 11.7 Å². The van der Waals surface area contributed by atoms with Crippen molar-refractivity contribution in [1.82, 2.24) is 20.4 Å². The standard InChI is InChI=1S/C18H25N5O/c19-17-12-15(22-23(17)16-8-2-1-3-9-16)7-5-11-21-18(24)14-6-4-10-20-13-14/h1-3,8-9,12,14,20H,4-7,10-11,13,19H2,(H,21,24). The van der Waals surface area contributed by atoms with Gasteiger partial charge in [-0.2, -0.15) is 5.10 Å². The van der Waals surface area contributed by atoms with E-state index in [4.69, 9.17) is 5.73 Å². The van der Waals surface area contributed by atoms with Gasteiger partial charge in [0.1, 0.15) is 5.82 Å². The summed E-state index contributed by atoms with van der Waals surface area (Å²) < 4.78 is 1.75. The van der Waals surface area contributed by atoms with Crippen LogP contribution in [-0.4, -0.2) is 35.3 Å². The summed E-state index contributed by atoms with van der Waals surface area (Å²) in [7, 11) is 0. The number of nitrogens with one attached hydrogen (secondary N) is 2. The molecule has 1 unspecified atom stereocenters. The van der Waals surface area contributed by atoms with Gasteiger partial charge in [-0.25, -0.2) is 4.68 Å². The van der Waals surface area contributed by atoms with Gasteiger partial charge in [-0.05, 0) is 44.4 Å². The van der Waals surface area contributed by atoms with Crippen LogP contribution in [0.25, 0.3) is 5.69 Å². The van der Waals surface area contributed by atoms with Gasteiger partial charge in [0, 0.05) is 19.2 Å². The number of para-hydroxylation sites is 1. The lowest BCUT2D eigenvalue weighted by Crippen LogP contribution is -2.40. The van der Waals surface area contributed by atoms with Crippen molar-refractivity contribution in [2.75, 3.05) is 25.4 Å². The first-order valence-electron chi connectivity index (χ1n) is 8.62. The molecule has 2 aromatic rings. The Balaban J connectivity index is 1.46. The summed E-state index contributed by atoms with van der Waals surface area (Å²) >= 11 is 0. The predicted molar refractivity (Wildman–Crippen MR) is 94.9 cm³/mol. The number of nitrogen functional groups attached to an aromatic ring is 1. The third-order valence-corrected chi connectivity index (χ3v) is 4.36. The van der Waals surface area contributed by atoms with Crippen molar-refractivity contribution in [3.8, 4) is 5.69 Å². The van der Waals surface area contributed by atoms with Crippen molar-refractivity contribution < 1.29 is 4.79 Å². The van der Waals surface area contributed by atoms with E-state index in [0.29, 0.717) is 12.4 Å². The van der Waals surface area contributed by atoms with Crippen LogP contribution >= 0.6 is 0 Å². The third kappa shape index (κ3) is 4.14. The Bertz CT molecular complexity index is 661. The van der Waals surface area contributed by atoms with Crippen LogP contribution in [0.15, 0.2) is 36.4 Å². The number of amides is 1. The number of benzene rings is 1. The van der Waals surface area contributed by atoms with E-state index in [1.165, 1.54) is 0 Å². The van der Waals surface area contributed by atoms with Gasteiger partial charge in [-0.15, -0.1) is 0 Å². The Morgan fingerprint density at radius 1 is 1.38 bits per heavy atom. The quantitative estimate of drug-likeness (QED) is 0.702. The van der Waals surface area contributed by atoms with Crippen molar-refractivity contribution in [3.63, 3.8) is 0 Å². The molecule has 24 heavy (non-hydrogen) atoms. The van der Waals surface area contributed by atoms with E-state index in [-0.39, 0.29) is 11.8 Å². The molecule has 0 saturated carbocycles. The van der Waals surface area contributed by atoms with Gasteiger partial charge < -0.3 is 16.4 Å². The summed E-state index contributed by atoms with van der Waals surface area (Å²) in [6.45, 7) is 2.49. The highest BCUT2D eigenvalue weighted by atomic mass is 16.1. The second kappa shape index (κ2) is 7.97. The molecule has 1 saturated heterocycles. The van der Waals surface area contributed by atoms with Crippen LogP contribution in [-0.2, 0) is 11.2 Å². The largest absolute Gasteiger partial charge is 0.384 e. The normalized spacial score (nSPS) is 17.6. The number of nitrogens with two attached hydrogens (primary N) is 1. The van der Waals surface area contributed by atoms with Crippen molar-refractivity contribution in [3.05, 3.63) is 42.1 Å². The molecule has 0 radical (unpaired) electrons. The Labute approximate surface area is 142 Å². The second-order valence-corrected chi connectivity index (χ2v) is 6.25. The zero-order valence-corrected chi connectivity index (χ0v) is 13.9. The van der Waals surface area contributed by atoms with Crippen molar-refractivity contribution in [1.29, 1.82) is 0 Å². The molecule has 1 aliphatic rings. The Kier molecular flexibility index (Phi) is 5.48. The number of aromatic nitrogens is 2. The summed E-state index contributed by atoms with van der Waals surface area (Å²) in [6.07, 6.45) is 3.72. The highest BCUT2D eigenvalue weighted by Crippen LogP contribution is 2.15. The topological polar surface area (TPSA) is 85.0 Å². The smallest absolute Gasteiger partial charge is 0.224 e. The molecule has 1 aromatic heterocycles. The van der Waals surface area contributed by atoms with Crippen LogP contribution in [0.4, 0.5) is 5.82 Å². The molecule has 1 amide bonds. The van der Waals surface area contributed by atoms with Crippen LogP contribution in [0.2, 0.25) is 0 Å². The summed E-state index contributed by atoms with van der Waals surface area (Å²) in [5.74, 6) is 0.914. The van der Waals surface area contributed by atoms with E-state index >= 15 is 0 Å². The van der Waals surface area contributed by atoms with Gasteiger partial charge >= 0.3 is 0 Å². The zero-order chi connectivity index (χ0) is 16.8. The lowest BCUT2D eigenvalue weighted by molar-refractivity contribution is -0.125. The summed E-state index contributed by atoms with van der Waals surface area (Å²) in [4.78, 5) is 12.1. The highest BCUT2D eigenvalue weighted by Gasteiger charge is 2.20. The molecule has 2 heterocycles. The number of hydrogen-bond acceptors (Lipinski definition) is 4. The van der Waals surface area contributed by atoms with E-state index < -0.39 is 0 Å². The molecule has 1 fully saturated rings. The maximum Gasteiger partial charge on any atom is 0.224 e. The molecule has 3 rings (SSSR count). The van der Waals surface area contributed by atoms with Gasteiger partial charge in [0.05, 0.1) is 17.3 Å². The van der Waals surface area contributed by atoms with Crippen LogP contribution in [0.5, 0.6) is 0 Å². The van der Waals surface area contributed by atoms with Gasteiger partial charge in [0.25, 0.3) is 0 Å². The molecule has 1 aromatic carbocycles. The molecule has 128 valence electrons. The molecular formula is C18H25N5O. The Morgan fingerprint density at radius 3 is 2.96 bits per heavy atom. The minimum absolute atomic E-state index is 0.117. The molecule has 0 aliphatic carbocycles. The first-order valence-corrected chi connectivity index (χ1v) is 8.62. The van der Waals surface area contributed by atoms with Gasteiger partial charge in [-0.3, -0.25) is 4.79 Å². The van der Waals surface area contributed by atoms with E-state index in [2.05, 4.69) is 15.7 Å². The third-order valence-electron chi connectivity index (χ3n) is 4.36. The number of hydrogen-bond donors (Lipinski definition) is 3. The lowest BCUT2D eigenvalue weighted by atomic mass is 9.99. The predicted octanol–water partition coefficient (Wildman–Crippen LogP) is 1.50. The van der Waals surface area contributed by atoms with E-state index in [1.807, 2.05) is 36.4 Å². The number of piperidine rings is 1. The summed E-state index contributed by atoms with van der Waals surface area (Å²) in [5.41, 5.74) is 7.95. The van der Waals surface area contributed by atoms with Crippen LogP contribution in [0, 0.1) is 5.92 Å². The molecule has 4 N–H and O–H groups in total. The minimum atomic E-state index is 0.117. The van der Waals surface area contributed by atoms with Gasteiger partial charge in [-0.1, -0.05) is 18.2 Å². The Morgan fingerprint density at radius 2 is 2.21 bits per heavy atom. The molecule has 1 aliphatic heterocycles. The lowest BCUT2D eigenvalue weighted by Gasteiger charge is -2.21. The highest BCUT2D eigenvalue weighted by molar-refractivity contribution is 5.78. The fraction of sp³-hybridized carbons (Fsp3) is 0.444. The van der Waals surface area contributed by atoms with Crippen LogP contribution in [0.1, 0.15) is 25.0 Å². The number of carbonyl (C=O) groups is 1. The second-order valence-electron chi connectivity index (χ2n) is 6.25.